The van der Waals surface area contributed by atoms with Gasteiger partial charge in [0.25, 0.3) is 11.5 Å². The number of H-pyrrole nitrogens is 1. The Morgan fingerprint density at radius 2 is 1.77 bits per heavy atom. The monoisotopic (exact) mass is 433 g/mol. The molecule has 0 bridgehead atoms. The van der Waals surface area contributed by atoms with E-state index in [1.165, 1.54) is 36.7 Å². The van der Waals surface area contributed by atoms with Crippen molar-refractivity contribution in [2.75, 3.05) is 0 Å². The number of amides is 1. The zero-order valence-electron chi connectivity index (χ0n) is 16.5. The number of nitrogens with zero attached hydrogens (tertiary/aromatic N) is 3. The van der Waals surface area contributed by atoms with Gasteiger partial charge in [-0.3, -0.25) is 9.59 Å². The third-order valence-electron chi connectivity index (χ3n) is 4.18. The van der Waals surface area contributed by atoms with Crippen LogP contribution in [0.4, 0.5) is 13.2 Å². The van der Waals surface area contributed by atoms with Gasteiger partial charge >= 0.3 is 6.36 Å². The molecular weight excluding hydrogens is 415 g/mol. The van der Waals surface area contributed by atoms with Crippen LogP contribution in [0.2, 0.25) is 0 Å². The van der Waals surface area contributed by atoms with Crippen molar-refractivity contribution in [3.8, 4) is 17.4 Å². The summed E-state index contributed by atoms with van der Waals surface area (Å²) in [6.45, 7) is 3.67. The molecule has 0 fully saturated rings. The van der Waals surface area contributed by atoms with E-state index in [0.717, 1.165) is 6.07 Å². The Morgan fingerprint density at radius 3 is 2.35 bits per heavy atom. The molecule has 0 aliphatic heterocycles. The lowest BCUT2D eigenvalue weighted by molar-refractivity contribution is -0.274. The lowest BCUT2D eigenvalue weighted by atomic mass is 9.95. The first-order chi connectivity index (χ1) is 14.6. The largest absolute Gasteiger partial charge is 0.573 e. The highest BCUT2D eigenvalue weighted by atomic mass is 19.4. The molecule has 11 heteroatoms. The Bertz CT molecular complexity index is 1100. The number of hydrogen-bond donors (Lipinski definition) is 2. The first kappa shape index (κ1) is 21.9. The molecule has 31 heavy (non-hydrogen) atoms. The maximum absolute atomic E-state index is 12.8. The number of carbonyl (C=O) groups excluding carboxylic acids is 1. The third kappa shape index (κ3) is 5.87. The smallest absolute Gasteiger partial charge is 0.406 e. The minimum Gasteiger partial charge on any atom is -0.406 e. The highest BCUT2D eigenvalue weighted by molar-refractivity contribution is 5.92. The quantitative estimate of drug-likeness (QED) is 0.618. The molecule has 0 saturated carbocycles. The van der Waals surface area contributed by atoms with Crippen LogP contribution >= 0.6 is 0 Å². The Morgan fingerprint density at radius 1 is 1.13 bits per heavy atom. The summed E-state index contributed by atoms with van der Waals surface area (Å²) in [7, 11) is 0. The number of carbonyl (C=O) groups is 1. The van der Waals surface area contributed by atoms with Gasteiger partial charge in [-0.2, -0.15) is 0 Å². The maximum atomic E-state index is 12.8. The van der Waals surface area contributed by atoms with Crippen molar-refractivity contribution >= 4 is 5.91 Å². The van der Waals surface area contributed by atoms with Gasteiger partial charge in [0.05, 0.1) is 6.04 Å². The lowest BCUT2D eigenvalue weighted by Gasteiger charge is -2.23. The van der Waals surface area contributed by atoms with E-state index in [1.807, 2.05) is 13.8 Å². The van der Waals surface area contributed by atoms with Crippen LogP contribution in [-0.4, -0.2) is 32.2 Å². The van der Waals surface area contributed by atoms with E-state index in [9.17, 15) is 22.8 Å². The fraction of sp³-hybridized carbons (Fsp3) is 0.250. The average molecular weight is 433 g/mol. The van der Waals surface area contributed by atoms with Crippen LogP contribution in [0, 0.1) is 5.92 Å². The summed E-state index contributed by atoms with van der Waals surface area (Å²) in [6.07, 6.45) is -1.86. The highest BCUT2D eigenvalue weighted by Crippen LogP contribution is 2.27. The molecule has 0 aliphatic rings. The van der Waals surface area contributed by atoms with E-state index in [4.69, 9.17) is 0 Å². The molecule has 0 radical (unpaired) electrons. The molecule has 0 unspecified atom stereocenters. The van der Waals surface area contributed by atoms with Gasteiger partial charge in [-0.05, 0) is 29.7 Å². The number of ether oxygens (including phenoxy) is 1. The molecule has 0 spiro atoms. The Labute approximate surface area is 174 Å². The Kier molecular flexibility index (Phi) is 6.33. The summed E-state index contributed by atoms with van der Waals surface area (Å²) < 4.78 is 40.9. The van der Waals surface area contributed by atoms with E-state index in [0.29, 0.717) is 5.56 Å². The SMILES string of the molecule is CC(C)[C@@H](NC(=O)c1cc(=O)[nH]c(-c2ncccn2)n1)c1ccc(OC(F)(F)F)cc1. The normalized spacial score (nSPS) is 12.5. The minimum atomic E-state index is -4.79. The van der Waals surface area contributed by atoms with Gasteiger partial charge in [-0.15, -0.1) is 13.2 Å². The van der Waals surface area contributed by atoms with Crippen LogP contribution in [0.15, 0.2) is 53.6 Å². The average Bonchev–Trinajstić information content (AvgIpc) is 2.71. The first-order valence-corrected chi connectivity index (χ1v) is 9.18. The van der Waals surface area contributed by atoms with E-state index in [2.05, 4.69) is 30.0 Å². The summed E-state index contributed by atoms with van der Waals surface area (Å²) in [5.74, 6) is -0.924. The summed E-state index contributed by atoms with van der Waals surface area (Å²) in [6, 6.07) is 7.28. The third-order valence-corrected chi connectivity index (χ3v) is 4.18. The Hall–Kier alpha value is -3.76. The van der Waals surface area contributed by atoms with Crippen LogP contribution in [0.3, 0.4) is 0 Å². The van der Waals surface area contributed by atoms with Crippen molar-refractivity contribution in [3.05, 3.63) is 70.4 Å². The summed E-state index contributed by atoms with van der Waals surface area (Å²) in [5, 5.41) is 2.76. The zero-order valence-corrected chi connectivity index (χ0v) is 16.5. The van der Waals surface area contributed by atoms with E-state index in [-0.39, 0.29) is 29.0 Å². The van der Waals surface area contributed by atoms with Crippen LogP contribution in [0.1, 0.15) is 35.9 Å². The molecule has 0 aliphatic carbocycles. The van der Waals surface area contributed by atoms with Crippen LogP contribution in [0.25, 0.3) is 11.6 Å². The molecule has 8 nitrogen and oxygen atoms in total. The molecule has 2 heterocycles. The van der Waals surface area contributed by atoms with Gasteiger partial charge < -0.3 is 15.0 Å². The molecule has 1 amide bonds. The number of hydrogen-bond acceptors (Lipinski definition) is 6. The highest BCUT2D eigenvalue weighted by Gasteiger charge is 2.31. The van der Waals surface area contributed by atoms with Crippen LogP contribution < -0.4 is 15.6 Å². The second kappa shape index (κ2) is 8.94. The number of aromatic nitrogens is 4. The van der Waals surface area contributed by atoms with Crippen molar-refractivity contribution < 1.29 is 22.7 Å². The van der Waals surface area contributed by atoms with Gasteiger partial charge in [-0.25, -0.2) is 15.0 Å². The molecule has 1 aromatic carbocycles. The fourth-order valence-corrected chi connectivity index (χ4v) is 2.83. The van der Waals surface area contributed by atoms with E-state index >= 15 is 0 Å². The van der Waals surface area contributed by atoms with Gasteiger partial charge in [0.2, 0.25) is 0 Å². The van der Waals surface area contributed by atoms with Crippen molar-refractivity contribution in [3.63, 3.8) is 0 Å². The fourth-order valence-electron chi connectivity index (χ4n) is 2.83. The van der Waals surface area contributed by atoms with E-state index < -0.39 is 23.9 Å². The van der Waals surface area contributed by atoms with Crippen LogP contribution in [-0.2, 0) is 0 Å². The van der Waals surface area contributed by atoms with Gasteiger partial charge in [0, 0.05) is 18.5 Å². The molecular formula is C20H18F3N5O3. The molecule has 3 rings (SSSR count). The second-order valence-electron chi connectivity index (χ2n) is 6.86. The topological polar surface area (TPSA) is 110 Å². The lowest BCUT2D eigenvalue weighted by Crippen LogP contribution is -2.33. The summed E-state index contributed by atoms with van der Waals surface area (Å²) in [4.78, 5) is 39.4. The van der Waals surface area contributed by atoms with Gasteiger partial charge in [-0.1, -0.05) is 26.0 Å². The number of benzene rings is 1. The van der Waals surface area contributed by atoms with Crippen molar-refractivity contribution in [1.82, 2.24) is 25.3 Å². The summed E-state index contributed by atoms with van der Waals surface area (Å²) in [5.41, 5.74) is -0.138. The number of alkyl halides is 3. The van der Waals surface area contributed by atoms with E-state index in [1.54, 1.807) is 6.07 Å². The number of halogens is 3. The number of rotatable bonds is 6. The first-order valence-electron chi connectivity index (χ1n) is 9.18. The van der Waals surface area contributed by atoms with Gasteiger partial charge in [0.15, 0.2) is 11.6 Å². The number of nitrogens with one attached hydrogen (secondary N) is 2. The standard InChI is InChI=1S/C20H18F3N5O3/c1-11(2)16(12-4-6-13(7-5-12)31-20(21,22)23)28-19(30)14-10-15(29)27-18(26-14)17-24-8-3-9-25-17/h3-11,16H,1-2H3,(H,28,30)(H,26,27,29)/t16-/m1/s1. The maximum Gasteiger partial charge on any atom is 0.573 e. The second-order valence-corrected chi connectivity index (χ2v) is 6.86. The number of aromatic amines is 1. The van der Waals surface area contributed by atoms with Crippen molar-refractivity contribution in [2.24, 2.45) is 5.92 Å². The van der Waals surface area contributed by atoms with Crippen LogP contribution in [0.5, 0.6) is 5.75 Å². The predicted octanol–water partition coefficient (Wildman–Crippen LogP) is 3.25. The molecule has 2 N–H and O–H groups in total. The molecule has 3 aromatic rings. The zero-order chi connectivity index (χ0) is 22.6. The summed E-state index contributed by atoms with van der Waals surface area (Å²) >= 11 is 0. The molecule has 1 atom stereocenters. The van der Waals surface area contributed by atoms with Crippen molar-refractivity contribution in [1.29, 1.82) is 0 Å². The van der Waals surface area contributed by atoms with Crippen molar-refractivity contribution in [2.45, 2.75) is 26.3 Å². The minimum absolute atomic E-state index is 0.0352. The molecule has 0 saturated heterocycles. The van der Waals surface area contributed by atoms with Gasteiger partial charge in [0.1, 0.15) is 11.4 Å². The Balaban J connectivity index is 1.83. The molecule has 162 valence electrons. The predicted molar refractivity (Wildman–Crippen MR) is 104 cm³/mol. The molecule has 2 aromatic heterocycles.